The molecule has 2 amide bonds. The Hall–Kier alpha value is -1.89. The normalized spacial score (nSPS) is 16.1. The molecule has 24 heavy (non-hydrogen) atoms. The average molecular weight is 335 g/mol. The van der Waals surface area contributed by atoms with Crippen LogP contribution in [0.2, 0.25) is 0 Å². The second-order valence-electron chi connectivity index (χ2n) is 6.35. The van der Waals surface area contributed by atoms with E-state index in [2.05, 4.69) is 27.3 Å². The van der Waals surface area contributed by atoms with E-state index in [1.165, 1.54) is 0 Å². The van der Waals surface area contributed by atoms with Crippen LogP contribution in [-0.4, -0.2) is 64.5 Å². The number of rotatable bonds is 7. The van der Waals surface area contributed by atoms with Crippen molar-refractivity contribution in [3.8, 4) is 0 Å². The fraction of sp³-hybridized carbons (Fsp3) is 0.706. The summed E-state index contributed by atoms with van der Waals surface area (Å²) in [6.07, 6.45) is 3.28. The molecule has 0 spiro atoms. The highest BCUT2D eigenvalue weighted by Crippen LogP contribution is 2.16. The molecule has 1 fully saturated rings. The van der Waals surface area contributed by atoms with Crippen LogP contribution in [0.1, 0.15) is 45.2 Å². The smallest absolute Gasteiger partial charge is 0.226 e. The van der Waals surface area contributed by atoms with Crippen molar-refractivity contribution in [3.05, 3.63) is 11.8 Å². The molecule has 0 unspecified atom stereocenters. The number of aryl methyl sites for hydroxylation is 1. The highest BCUT2D eigenvalue weighted by molar-refractivity contribution is 5.92. The van der Waals surface area contributed by atoms with E-state index in [0.717, 1.165) is 44.6 Å². The van der Waals surface area contributed by atoms with Crippen molar-refractivity contribution in [3.63, 3.8) is 0 Å². The maximum atomic E-state index is 12.3. The van der Waals surface area contributed by atoms with Crippen molar-refractivity contribution in [1.29, 1.82) is 0 Å². The van der Waals surface area contributed by atoms with E-state index in [1.807, 2.05) is 24.9 Å². The summed E-state index contributed by atoms with van der Waals surface area (Å²) >= 11 is 0. The number of hydrogen-bond donors (Lipinski definition) is 2. The Kier molecular flexibility index (Phi) is 6.78. The first-order valence-electron chi connectivity index (χ1n) is 8.85. The first-order chi connectivity index (χ1) is 11.5. The molecular weight excluding hydrogens is 306 g/mol. The van der Waals surface area contributed by atoms with Gasteiger partial charge in [0.15, 0.2) is 5.82 Å². The predicted molar refractivity (Wildman–Crippen MR) is 93.7 cm³/mol. The molecule has 1 aromatic rings. The van der Waals surface area contributed by atoms with Gasteiger partial charge >= 0.3 is 0 Å². The van der Waals surface area contributed by atoms with E-state index in [-0.39, 0.29) is 24.7 Å². The summed E-state index contributed by atoms with van der Waals surface area (Å²) in [5.74, 6) is 0.382. The van der Waals surface area contributed by atoms with Crippen LogP contribution in [0.25, 0.3) is 0 Å². The number of piperidine rings is 1. The zero-order chi connectivity index (χ0) is 17.5. The fourth-order valence-electron chi connectivity index (χ4n) is 3.04. The molecular formula is C17H29N5O2. The molecule has 7 heteroatoms. The van der Waals surface area contributed by atoms with Gasteiger partial charge in [-0.1, -0.05) is 13.8 Å². The van der Waals surface area contributed by atoms with Crippen molar-refractivity contribution >= 4 is 17.6 Å². The van der Waals surface area contributed by atoms with Gasteiger partial charge in [0.2, 0.25) is 11.8 Å². The molecule has 1 aliphatic heterocycles. The average Bonchev–Trinajstić information content (AvgIpc) is 3.06. The minimum absolute atomic E-state index is 0.0383. The third-order valence-corrected chi connectivity index (χ3v) is 4.79. The number of nitrogens with zero attached hydrogens (tertiary/aromatic N) is 3. The minimum atomic E-state index is -0.174. The van der Waals surface area contributed by atoms with Gasteiger partial charge in [-0.15, -0.1) is 0 Å². The van der Waals surface area contributed by atoms with E-state index < -0.39 is 0 Å². The van der Waals surface area contributed by atoms with E-state index in [4.69, 9.17) is 0 Å². The second-order valence-corrected chi connectivity index (χ2v) is 6.35. The Labute approximate surface area is 143 Å². The monoisotopic (exact) mass is 335 g/mol. The number of nitrogens with one attached hydrogen (secondary N) is 2. The van der Waals surface area contributed by atoms with Gasteiger partial charge in [0.05, 0.1) is 0 Å². The Morgan fingerprint density at radius 2 is 2.04 bits per heavy atom. The zero-order valence-corrected chi connectivity index (χ0v) is 15.0. The van der Waals surface area contributed by atoms with Crippen LogP contribution < -0.4 is 5.32 Å². The topological polar surface area (TPSA) is 81.3 Å². The molecule has 0 aromatic carbocycles. The molecule has 2 rings (SSSR count). The van der Waals surface area contributed by atoms with E-state index in [1.54, 1.807) is 0 Å². The van der Waals surface area contributed by atoms with Crippen LogP contribution in [-0.2, 0) is 16.0 Å². The lowest BCUT2D eigenvalue weighted by Gasteiger charge is -2.36. The number of hydrogen-bond acceptors (Lipinski definition) is 4. The van der Waals surface area contributed by atoms with Gasteiger partial charge in [0.1, 0.15) is 0 Å². The number of carbonyl (C=O) groups is 2. The predicted octanol–water partition coefficient (Wildman–Crippen LogP) is 1.63. The van der Waals surface area contributed by atoms with Crippen molar-refractivity contribution in [2.45, 2.75) is 52.0 Å². The summed E-state index contributed by atoms with van der Waals surface area (Å²) in [7, 11) is 1.85. The zero-order valence-electron chi connectivity index (χ0n) is 15.0. The number of aromatic nitrogens is 2. The summed E-state index contributed by atoms with van der Waals surface area (Å²) in [6, 6.07) is 2.11. The maximum absolute atomic E-state index is 12.3. The largest absolute Gasteiger partial charge is 0.343 e. The number of carbonyl (C=O) groups excluding carboxylic acids is 2. The van der Waals surface area contributed by atoms with Gasteiger partial charge in [0, 0.05) is 50.8 Å². The first-order valence-corrected chi connectivity index (χ1v) is 8.85. The number of H-pyrrole nitrogens is 1. The lowest BCUT2D eigenvalue weighted by atomic mass is 10.0. The van der Waals surface area contributed by atoms with Crippen LogP contribution >= 0.6 is 0 Å². The molecule has 0 bridgehead atoms. The van der Waals surface area contributed by atoms with Crippen LogP contribution in [0.3, 0.4) is 0 Å². The standard InChI is InChI=1S/C17H29N5O2/c1-4-13-12-15(20-19-13)18-16(23)6-7-17(24)21(3)14-8-10-22(5-2)11-9-14/h12,14H,4-11H2,1-3H3,(H2,18,19,20,23). The summed E-state index contributed by atoms with van der Waals surface area (Å²) in [5, 5.41) is 9.60. The molecule has 1 saturated heterocycles. The van der Waals surface area contributed by atoms with Gasteiger partial charge in [-0.3, -0.25) is 14.7 Å². The van der Waals surface area contributed by atoms with E-state index >= 15 is 0 Å². The lowest BCUT2D eigenvalue weighted by molar-refractivity contribution is -0.134. The molecule has 1 aromatic heterocycles. The van der Waals surface area contributed by atoms with Crippen LogP contribution in [0.4, 0.5) is 5.82 Å². The number of anilines is 1. The summed E-state index contributed by atoms with van der Waals surface area (Å²) in [6.45, 7) is 7.32. The molecule has 1 aliphatic rings. The SMILES string of the molecule is CCc1cc(NC(=O)CCC(=O)N(C)C2CCN(CC)CC2)n[nH]1. The quantitative estimate of drug-likeness (QED) is 0.793. The van der Waals surface area contributed by atoms with Gasteiger partial charge in [-0.25, -0.2) is 0 Å². The number of aromatic amines is 1. The van der Waals surface area contributed by atoms with Crippen molar-refractivity contribution in [2.75, 3.05) is 32.0 Å². The van der Waals surface area contributed by atoms with E-state index in [9.17, 15) is 9.59 Å². The molecule has 0 aliphatic carbocycles. The van der Waals surface area contributed by atoms with Crippen molar-refractivity contribution < 1.29 is 9.59 Å². The number of likely N-dealkylation sites (tertiary alicyclic amines) is 1. The molecule has 134 valence electrons. The third-order valence-electron chi connectivity index (χ3n) is 4.79. The Balaban J connectivity index is 1.72. The van der Waals surface area contributed by atoms with Gasteiger partial charge in [-0.05, 0) is 25.8 Å². The van der Waals surface area contributed by atoms with Gasteiger partial charge in [0.25, 0.3) is 0 Å². The maximum Gasteiger partial charge on any atom is 0.226 e. The Morgan fingerprint density at radius 1 is 1.33 bits per heavy atom. The third kappa shape index (κ3) is 5.06. The molecule has 0 atom stereocenters. The summed E-state index contributed by atoms with van der Waals surface area (Å²) in [5.41, 5.74) is 0.972. The molecule has 7 nitrogen and oxygen atoms in total. The number of amides is 2. The second kappa shape index (κ2) is 8.82. The Bertz CT molecular complexity index is 549. The fourth-order valence-corrected chi connectivity index (χ4v) is 3.04. The first kappa shape index (κ1) is 18.4. The summed E-state index contributed by atoms with van der Waals surface area (Å²) in [4.78, 5) is 28.5. The minimum Gasteiger partial charge on any atom is -0.343 e. The van der Waals surface area contributed by atoms with Crippen molar-refractivity contribution in [2.24, 2.45) is 0 Å². The molecule has 0 saturated carbocycles. The molecule has 2 N–H and O–H groups in total. The molecule has 2 heterocycles. The Morgan fingerprint density at radius 3 is 2.62 bits per heavy atom. The lowest BCUT2D eigenvalue weighted by Crippen LogP contribution is -2.45. The highest BCUT2D eigenvalue weighted by atomic mass is 16.2. The van der Waals surface area contributed by atoms with Crippen molar-refractivity contribution in [1.82, 2.24) is 20.0 Å². The van der Waals surface area contributed by atoms with Gasteiger partial charge in [-0.2, -0.15) is 5.10 Å². The molecule has 0 radical (unpaired) electrons. The summed E-state index contributed by atoms with van der Waals surface area (Å²) < 4.78 is 0. The van der Waals surface area contributed by atoms with Crippen LogP contribution in [0.5, 0.6) is 0 Å². The van der Waals surface area contributed by atoms with E-state index in [0.29, 0.717) is 11.9 Å². The van der Waals surface area contributed by atoms with Gasteiger partial charge < -0.3 is 15.1 Å². The van der Waals surface area contributed by atoms with Crippen LogP contribution in [0.15, 0.2) is 6.07 Å². The van der Waals surface area contributed by atoms with Crippen LogP contribution in [0, 0.1) is 0 Å². The highest BCUT2D eigenvalue weighted by Gasteiger charge is 2.24.